The lowest BCUT2D eigenvalue weighted by molar-refractivity contribution is 0.0962. The van der Waals surface area contributed by atoms with Gasteiger partial charge in [0.05, 0.1) is 0 Å². The van der Waals surface area contributed by atoms with Crippen molar-refractivity contribution in [3.05, 3.63) is 33.3 Å². The van der Waals surface area contributed by atoms with E-state index in [9.17, 15) is 4.79 Å². The van der Waals surface area contributed by atoms with Crippen LogP contribution in [-0.2, 0) is 0 Å². The Morgan fingerprint density at radius 2 is 2.00 bits per heavy atom. The van der Waals surface area contributed by atoms with E-state index < -0.39 is 0 Å². The van der Waals surface area contributed by atoms with E-state index in [2.05, 4.69) is 21.2 Å². The van der Waals surface area contributed by atoms with Crippen molar-refractivity contribution in [2.75, 3.05) is 7.05 Å². The molecule has 0 aliphatic heterocycles. The highest BCUT2D eigenvalue weighted by atomic mass is 79.9. The molecule has 2 nitrogen and oxygen atoms in total. The molecular formula is C10H12BrNO. The Hall–Kier alpha value is -0.830. The molecular weight excluding hydrogens is 230 g/mol. The first-order chi connectivity index (χ1) is 6.07. The van der Waals surface area contributed by atoms with Crippen molar-refractivity contribution < 1.29 is 4.79 Å². The van der Waals surface area contributed by atoms with E-state index in [0.29, 0.717) is 0 Å². The Kier molecular flexibility index (Phi) is 3.09. The van der Waals surface area contributed by atoms with Gasteiger partial charge in [0.15, 0.2) is 0 Å². The number of halogens is 1. The van der Waals surface area contributed by atoms with Gasteiger partial charge >= 0.3 is 0 Å². The number of amides is 1. The molecule has 0 aliphatic rings. The summed E-state index contributed by atoms with van der Waals surface area (Å²) in [6, 6.07) is 3.77. The van der Waals surface area contributed by atoms with Gasteiger partial charge < -0.3 is 5.32 Å². The Morgan fingerprint density at radius 1 is 1.38 bits per heavy atom. The monoisotopic (exact) mass is 241 g/mol. The minimum absolute atomic E-state index is 0.0433. The van der Waals surface area contributed by atoms with Gasteiger partial charge in [-0.05, 0) is 31.0 Å². The van der Waals surface area contributed by atoms with Gasteiger partial charge in [-0.1, -0.05) is 22.0 Å². The molecule has 0 fully saturated rings. The molecule has 0 saturated heterocycles. The molecule has 13 heavy (non-hydrogen) atoms. The van der Waals surface area contributed by atoms with Crippen LogP contribution >= 0.6 is 15.9 Å². The molecule has 0 aromatic heterocycles. The highest BCUT2D eigenvalue weighted by Crippen LogP contribution is 2.23. The molecule has 3 heteroatoms. The first kappa shape index (κ1) is 10.3. The highest BCUT2D eigenvalue weighted by Gasteiger charge is 2.10. The third-order valence-corrected chi connectivity index (χ3v) is 3.27. The zero-order valence-electron chi connectivity index (χ0n) is 7.94. The predicted molar refractivity (Wildman–Crippen MR) is 57.0 cm³/mol. The summed E-state index contributed by atoms with van der Waals surface area (Å²) < 4.78 is 1.01. The molecule has 0 radical (unpaired) electrons. The van der Waals surface area contributed by atoms with Gasteiger partial charge in [0.2, 0.25) is 0 Å². The molecule has 0 saturated carbocycles. The Labute approximate surface area is 86.5 Å². The third-order valence-electron chi connectivity index (χ3n) is 2.05. The minimum atomic E-state index is -0.0433. The summed E-state index contributed by atoms with van der Waals surface area (Å²) in [5.41, 5.74) is 2.85. The Balaban J connectivity index is 3.26. The Bertz CT molecular complexity index is 347. The van der Waals surface area contributed by atoms with Gasteiger partial charge in [-0.3, -0.25) is 4.79 Å². The summed E-state index contributed by atoms with van der Waals surface area (Å²) in [7, 11) is 1.63. The van der Waals surface area contributed by atoms with Gasteiger partial charge in [-0.2, -0.15) is 0 Å². The van der Waals surface area contributed by atoms with Gasteiger partial charge in [0, 0.05) is 17.1 Å². The summed E-state index contributed by atoms with van der Waals surface area (Å²) in [6.07, 6.45) is 0. The quantitative estimate of drug-likeness (QED) is 0.805. The van der Waals surface area contributed by atoms with Crippen molar-refractivity contribution in [2.45, 2.75) is 13.8 Å². The van der Waals surface area contributed by atoms with E-state index in [0.717, 1.165) is 21.2 Å². The number of benzene rings is 1. The second kappa shape index (κ2) is 3.92. The fraction of sp³-hybridized carbons (Fsp3) is 0.300. The first-order valence-electron chi connectivity index (χ1n) is 4.05. The fourth-order valence-corrected chi connectivity index (χ4v) is 1.55. The summed E-state index contributed by atoms with van der Waals surface area (Å²) in [5.74, 6) is -0.0433. The lowest BCUT2D eigenvalue weighted by Crippen LogP contribution is -2.19. The van der Waals surface area contributed by atoms with Crippen LogP contribution in [0.3, 0.4) is 0 Å². The van der Waals surface area contributed by atoms with Crippen molar-refractivity contribution in [3.8, 4) is 0 Å². The van der Waals surface area contributed by atoms with E-state index >= 15 is 0 Å². The number of hydrogen-bond acceptors (Lipinski definition) is 1. The lowest BCUT2D eigenvalue weighted by Gasteiger charge is -2.08. The number of nitrogens with one attached hydrogen (secondary N) is 1. The normalized spacial score (nSPS) is 9.85. The summed E-state index contributed by atoms with van der Waals surface area (Å²) >= 11 is 3.45. The lowest BCUT2D eigenvalue weighted by atomic mass is 10.1. The molecule has 0 spiro atoms. The third kappa shape index (κ3) is 1.91. The zero-order valence-corrected chi connectivity index (χ0v) is 9.53. The maximum Gasteiger partial charge on any atom is 0.251 e. The SMILES string of the molecule is CNC(=O)c1ccc(C)c(Br)c1C. The zero-order chi connectivity index (χ0) is 10.0. The van der Waals surface area contributed by atoms with Crippen LogP contribution in [0.5, 0.6) is 0 Å². The average Bonchev–Trinajstić information content (AvgIpc) is 2.13. The van der Waals surface area contributed by atoms with Crippen LogP contribution < -0.4 is 5.32 Å². The van der Waals surface area contributed by atoms with Crippen LogP contribution in [0.25, 0.3) is 0 Å². The second-order valence-electron chi connectivity index (χ2n) is 2.95. The molecule has 0 bridgehead atoms. The van der Waals surface area contributed by atoms with Crippen molar-refractivity contribution in [2.24, 2.45) is 0 Å². The second-order valence-corrected chi connectivity index (χ2v) is 3.74. The molecule has 0 heterocycles. The topological polar surface area (TPSA) is 29.1 Å². The molecule has 1 N–H and O–H groups in total. The minimum Gasteiger partial charge on any atom is -0.355 e. The van der Waals surface area contributed by atoms with Crippen LogP contribution in [0.4, 0.5) is 0 Å². The maximum atomic E-state index is 11.4. The van der Waals surface area contributed by atoms with Gasteiger partial charge in [-0.15, -0.1) is 0 Å². The fourth-order valence-electron chi connectivity index (χ4n) is 1.20. The van der Waals surface area contributed by atoms with Gasteiger partial charge in [-0.25, -0.2) is 0 Å². The van der Waals surface area contributed by atoms with Crippen molar-refractivity contribution in [1.82, 2.24) is 5.32 Å². The standard InChI is InChI=1S/C10H12BrNO/c1-6-4-5-8(10(13)12-3)7(2)9(6)11/h4-5H,1-3H3,(H,12,13). The summed E-state index contributed by atoms with van der Waals surface area (Å²) in [5, 5.41) is 2.61. The van der Waals surface area contributed by atoms with Crippen LogP contribution in [0, 0.1) is 13.8 Å². The summed E-state index contributed by atoms with van der Waals surface area (Å²) in [4.78, 5) is 11.4. The van der Waals surface area contributed by atoms with E-state index in [1.54, 1.807) is 7.05 Å². The van der Waals surface area contributed by atoms with Crippen molar-refractivity contribution >= 4 is 21.8 Å². The number of carbonyl (C=O) groups is 1. The van der Waals surface area contributed by atoms with Gasteiger partial charge in [0.25, 0.3) is 5.91 Å². The number of aryl methyl sites for hydroxylation is 1. The van der Waals surface area contributed by atoms with Crippen LogP contribution in [0.1, 0.15) is 21.5 Å². The van der Waals surface area contributed by atoms with Crippen LogP contribution in [0.15, 0.2) is 16.6 Å². The number of hydrogen-bond donors (Lipinski definition) is 1. The number of rotatable bonds is 1. The highest BCUT2D eigenvalue weighted by molar-refractivity contribution is 9.10. The smallest absolute Gasteiger partial charge is 0.251 e. The van der Waals surface area contributed by atoms with Crippen LogP contribution in [0.2, 0.25) is 0 Å². The van der Waals surface area contributed by atoms with E-state index in [1.165, 1.54) is 0 Å². The molecule has 1 aromatic rings. The average molecular weight is 242 g/mol. The molecule has 70 valence electrons. The van der Waals surface area contributed by atoms with E-state index in [1.807, 2.05) is 26.0 Å². The van der Waals surface area contributed by atoms with Gasteiger partial charge in [0.1, 0.15) is 0 Å². The molecule has 1 amide bonds. The molecule has 0 unspecified atom stereocenters. The maximum absolute atomic E-state index is 11.4. The predicted octanol–water partition coefficient (Wildman–Crippen LogP) is 2.43. The summed E-state index contributed by atoms with van der Waals surface area (Å²) in [6.45, 7) is 3.94. The van der Waals surface area contributed by atoms with Crippen molar-refractivity contribution in [1.29, 1.82) is 0 Å². The van der Waals surface area contributed by atoms with E-state index in [4.69, 9.17) is 0 Å². The number of carbonyl (C=O) groups excluding carboxylic acids is 1. The first-order valence-corrected chi connectivity index (χ1v) is 4.85. The Morgan fingerprint density at radius 3 is 2.54 bits per heavy atom. The van der Waals surface area contributed by atoms with Crippen molar-refractivity contribution in [3.63, 3.8) is 0 Å². The van der Waals surface area contributed by atoms with Crippen LogP contribution in [-0.4, -0.2) is 13.0 Å². The molecule has 1 rings (SSSR count). The molecule has 0 aliphatic carbocycles. The largest absolute Gasteiger partial charge is 0.355 e. The molecule has 1 aromatic carbocycles. The molecule has 0 atom stereocenters. The van der Waals surface area contributed by atoms with E-state index in [-0.39, 0.29) is 5.91 Å².